The van der Waals surface area contributed by atoms with Crippen molar-refractivity contribution in [3.8, 4) is 0 Å². The van der Waals surface area contributed by atoms with Gasteiger partial charge in [-0.1, -0.05) is 18.2 Å². The molecule has 3 rings (SSSR count). The number of pyridine rings is 1. The first-order valence-corrected chi connectivity index (χ1v) is 8.91. The number of benzene rings is 1. The van der Waals surface area contributed by atoms with E-state index in [1.165, 1.54) is 11.6 Å². The average molecular weight is 355 g/mol. The van der Waals surface area contributed by atoms with Crippen molar-refractivity contribution >= 4 is 17.2 Å². The van der Waals surface area contributed by atoms with Crippen LogP contribution in [0.2, 0.25) is 0 Å². The number of thiazole rings is 1. The van der Waals surface area contributed by atoms with Crippen molar-refractivity contribution in [3.05, 3.63) is 81.8 Å². The van der Waals surface area contributed by atoms with E-state index in [-0.39, 0.29) is 24.7 Å². The number of aryl methyl sites for hydroxylation is 2. The maximum atomic E-state index is 13.5. The summed E-state index contributed by atoms with van der Waals surface area (Å²) in [6.07, 6.45) is 5.51. The van der Waals surface area contributed by atoms with Gasteiger partial charge in [-0.3, -0.25) is 9.78 Å². The molecule has 3 aromatic rings. The fourth-order valence-electron chi connectivity index (χ4n) is 2.41. The highest BCUT2D eigenvalue weighted by Crippen LogP contribution is 2.13. The zero-order chi connectivity index (χ0) is 17.5. The molecule has 4 nitrogen and oxygen atoms in total. The molecule has 0 aliphatic rings. The number of hydrogen-bond acceptors (Lipinski definition) is 4. The van der Waals surface area contributed by atoms with Crippen molar-refractivity contribution in [2.75, 3.05) is 0 Å². The summed E-state index contributed by atoms with van der Waals surface area (Å²) in [5.74, 6) is -0.468. The summed E-state index contributed by atoms with van der Waals surface area (Å²) in [5, 5.41) is 5.65. The third-order valence-electron chi connectivity index (χ3n) is 3.75. The molecule has 0 atom stereocenters. The molecular formula is C19H18FN3OS. The van der Waals surface area contributed by atoms with Crippen LogP contribution >= 0.6 is 11.3 Å². The number of aromatic nitrogens is 2. The summed E-state index contributed by atoms with van der Waals surface area (Å²) >= 11 is 1.56. The van der Waals surface area contributed by atoms with Crippen molar-refractivity contribution in [2.24, 2.45) is 0 Å². The van der Waals surface area contributed by atoms with Crippen LogP contribution < -0.4 is 5.32 Å². The molecule has 0 bridgehead atoms. The van der Waals surface area contributed by atoms with Gasteiger partial charge in [0, 0.05) is 36.3 Å². The van der Waals surface area contributed by atoms with E-state index in [2.05, 4.69) is 15.3 Å². The molecule has 1 N–H and O–H groups in total. The van der Waals surface area contributed by atoms with Gasteiger partial charge in [-0.2, -0.15) is 0 Å². The highest BCUT2D eigenvalue weighted by atomic mass is 32.1. The largest absolute Gasteiger partial charge is 0.352 e. The lowest BCUT2D eigenvalue weighted by Crippen LogP contribution is -2.25. The number of halogens is 1. The van der Waals surface area contributed by atoms with Gasteiger partial charge in [-0.05, 0) is 30.2 Å². The number of carbonyl (C=O) groups is 1. The first kappa shape index (κ1) is 17.2. The summed E-state index contributed by atoms with van der Waals surface area (Å²) < 4.78 is 13.5. The molecule has 0 aliphatic heterocycles. The van der Waals surface area contributed by atoms with Crippen molar-refractivity contribution in [1.29, 1.82) is 0 Å². The van der Waals surface area contributed by atoms with Gasteiger partial charge in [0.15, 0.2) is 0 Å². The van der Waals surface area contributed by atoms with Gasteiger partial charge in [0.2, 0.25) is 5.91 Å². The Morgan fingerprint density at radius 3 is 2.72 bits per heavy atom. The molecule has 6 heteroatoms. The first-order chi connectivity index (χ1) is 12.2. The Bertz CT molecular complexity index is 835. The fourth-order valence-corrected chi connectivity index (χ4v) is 3.21. The molecule has 1 aromatic carbocycles. The summed E-state index contributed by atoms with van der Waals surface area (Å²) in [6, 6.07) is 10.4. The number of nitrogens with one attached hydrogen (secondary N) is 1. The van der Waals surface area contributed by atoms with Crippen LogP contribution in [0.5, 0.6) is 0 Å². The molecule has 0 aliphatic carbocycles. The Labute approximate surface area is 149 Å². The van der Waals surface area contributed by atoms with Crippen LogP contribution in [0.1, 0.15) is 21.8 Å². The minimum Gasteiger partial charge on any atom is -0.352 e. The number of rotatable bonds is 7. The predicted octanol–water partition coefficient (Wildman–Crippen LogP) is 3.32. The molecule has 1 amide bonds. The Kier molecular flexibility index (Phi) is 5.85. The van der Waals surface area contributed by atoms with Crippen LogP contribution in [0.3, 0.4) is 0 Å². The van der Waals surface area contributed by atoms with Gasteiger partial charge in [0.05, 0.1) is 17.1 Å². The Morgan fingerprint density at radius 1 is 1.12 bits per heavy atom. The molecular weight excluding hydrogens is 337 g/mol. The molecule has 0 unspecified atom stereocenters. The fraction of sp³-hybridized carbons (Fsp3) is 0.211. The maximum Gasteiger partial charge on any atom is 0.226 e. The third kappa shape index (κ3) is 5.19. The second kappa shape index (κ2) is 8.48. The molecule has 0 spiro atoms. The molecule has 25 heavy (non-hydrogen) atoms. The topological polar surface area (TPSA) is 54.9 Å². The SMILES string of the molecule is O=C(Cc1csc(CCc2ccncc2)n1)NCc1ccccc1F. The van der Waals surface area contributed by atoms with Crippen molar-refractivity contribution in [1.82, 2.24) is 15.3 Å². The van der Waals surface area contributed by atoms with Crippen molar-refractivity contribution < 1.29 is 9.18 Å². The standard InChI is InChI=1S/C19H18FN3OS/c20-17-4-2-1-3-15(17)12-22-18(24)11-16-13-25-19(23-16)6-5-14-7-9-21-10-8-14/h1-4,7-10,13H,5-6,11-12H2,(H,22,24). The van der Waals surface area contributed by atoms with Gasteiger partial charge in [0.1, 0.15) is 5.82 Å². The van der Waals surface area contributed by atoms with Crippen LogP contribution in [0.25, 0.3) is 0 Å². The van der Waals surface area contributed by atoms with E-state index >= 15 is 0 Å². The van der Waals surface area contributed by atoms with Gasteiger partial charge in [-0.25, -0.2) is 9.37 Å². The van der Waals surface area contributed by atoms with E-state index < -0.39 is 0 Å². The molecule has 0 radical (unpaired) electrons. The van der Waals surface area contributed by atoms with Crippen LogP contribution in [-0.4, -0.2) is 15.9 Å². The Morgan fingerprint density at radius 2 is 1.92 bits per heavy atom. The minimum atomic E-state index is -0.310. The zero-order valence-electron chi connectivity index (χ0n) is 13.6. The molecule has 0 saturated heterocycles. The lowest BCUT2D eigenvalue weighted by Gasteiger charge is -2.05. The molecule has 0 fully saturated rings. The van der Waals surface area contributed by atoms with Crippen LogP contribution in [-0.2, 0) is 30.6 Å². The molecule has 0 saturated carbocycles. The summed E-state index contributed by atoms with van der Waals surface area (Å²) in [7, 11) is 0. The number of hydrogen-bond donors (Lipinski definition) is 1. The average Bonchev–Trinajstić information content (AvgIpc) is 3.07. The number of nitrogens with zero attached hydrogens (tertiary/aromatic N) is 2. The number of carbonyl (C=O) groups excluding carboxylic acids is 1. The van der Waals surface area contributed by atoms with Crippen molar-refractivity contribution in [3.63, 3.8) is 0 Å². The zero-order valence-corrected chi connectivity index (χ0v) is 14.4. The van der Waals surface area contributed by atoms with Crippen LogP contribution in [0.15, 0.2) is 54.2 Å². The van der Waals surface area contributed by atoms with E-state index in [1.807, 2.05) is 17.5 Å². The number of amides is 1. The van der Waals surface area contributed by atoms with Gasteiger partial charge in [-0.15, -0.1) is 11.3 Å². The second-order valence-electron chi connectivity index (χ2n) is 5.63. The van der Waals surface area contributed by atoms with Crippen molar-refractivity contribution in [2.45, 2.75) is 25.8 Å². The van der Waals surface area contributed by atoms with Crippen LogP contribution in [0, 0.1) is 5.82 Å². The van der Waals surface area contributed by atoms with E-state index in [9.17, 15) is 9.18 Å². The Balaban J connectivity index is 1.47. The monoisotopic (exact) mass is 355 g/mol. The van der Waals surface area contributed by atoms with Gasteiger partial charge >= 0.3 is 0 Å². The van der Waals surface area contributed by atoms with E-state index in [1.54, 1.807) is 41.9 Å². The van der Waals surface area contributed by atoms with Gasteiger partial charge < -0.3 is 5.32 Å². The van der Waals surface area contributed by atoms with E-state index in [4.69, 9.17) is 0 Å². The van der Waals surface area contributed by atoms with Gasteiger partial charge in [0.25, 0.3) is 0 Å². The summed E-state index contributed by atoms with van der Waals surface area (Å²) in [5.41, 5.74) is 2.45. The molecule has 2 heterocycles. The third-order valence-corrected chi connectivity index (χ3v) is 4.71. The minimum absolute atomic E-state index is 0.158. The lowest BCUT2D eigenvalue weighted by atomic mass is 10.1. The molecule has 128 valence electrons. The highest BCUT2D eigenvalue weighted by Gasteiger charge is 2.09. The quantitative estimate of drug-likeness (QED) is 0.707. The van der Waals surface area contributed by atoms with E-state index in [0.29, 0.717) is 5.56 Å². The van der Waals surface area contributed by atoms with Crippen LogP contribution in [0.4, 0.5) is 4.39 Å². The lowest BCUT2D eigenvalue weighted by molar-refractivity contribution is -0.120. The second-order valence-corrected chi connectivity index (χ2v) is 6.58. The highest BCUT2D eigenvalue weighted by molar-refractivity contribution is 7.09. The molecule has 2 aromatic heterocycles. The summed E-state index contributed by atoms with van der Waals surface area (Å²) in [6.45, 7) is 0.185. The normalized spacial score (nSPS) is 10.6. The maximum absolute atomic E-state index is 13.5. The summed E-state index contributed by atoms with van der Waals surface area (Å²) in [4.78, 5) is 20.5. The predicted molar refractivity (Wildman–Crippen MR) is 95.7 cm³/mol. The van der Waals surface area contributed by atoms with E-state index in [0.717, 1.165) is 23.5 Å². The first-order valence-electron chi connectivity index (χ1n) is 8.03. The Hall–Kier alpha value is -2.60. The smallest absolute Gasteiger partial charge is 0.226 e.